The number of benzene rings is 1. The summed E-state index contributed by atoms with van der Waals surface area (Å²) in [6, 6.07) is 7.50. The highest BCUT2D eigenvalue weighted by molar-refractivity contribution is 9.10. The van der Waals surface area contributed by atoms with Crippen molar-refractivity contribution in [2.24, 2.45) is 0 Å². The van der Waals surface area contributed by atoms with Crippen molar-refractivity contribution in [3.05, 3.63) is 56.9 Å². The van der Waals surface area contributed by atoms with Gasteiger partial charge in [-0.3, -0.25) is 0 Å². The zero-order valence-corrected chi connectivity index (χ0v) is 15.9. The van der Waals surface area contributed by atoms with Gasteiger partial charge in [-0.2, -0.15) is 28.5 Å². The number of nitrogens with zero attached hydrogens (tertiary/aromatic N) is 5. The second-order valence-corrected chi connectivity index (χ2v) is 6.70. The van der Waals surface area contributed by atoms with Gasteiger partial charge in [-0.25, -0.2) is 9.67 Å². The molecule has 27 heavy (non-hydrogen) atoms. The van der Waals surface area contributed by atoms with E-state index in [4.69, 9.17) is 16.9 Å². The number of nitrogens with one attached hydrogen (secondary N) is 1. The lowest BCUT2D eigenvalue weighted by Crippen LogP contribution is -2.10. The minimum atomic E-state index is -4.56. The number of hydrogen-bond acceptors (Lipinski definition) is 5. The van der Waals surface area contributed by atoms with E-state index in [0.29, 0.717) is 20.7 Å². The summed E-state index contributed by atoms with van der Waals surface area (Å²) in [5.41, 5.74) is 0.0243. The number of anilines is 2. The lowest BCUT2D eigenvalue weighted by molar-refractivity contribution is -0.141. The summed E-state index contributed by atoms with van der Waals surface area (Å²) in [5.74, 6) is 0.228. The SMILES string of the molecule is Cc1cc(C(F)(F)F)nn1-c1nc(Nc2cc(Cl)cc(C#N)c2)ncc1Br. The third kappa shape index (κ3) is 4.20. The number of aromatic nitrogens is 4. The topological polar surface area (TPSA) is 79.4 Å². The molecule has 0 fully saturated rings. The van der Waals surface area contributed by atoms with Crippen molar-refractivity contribution in [1.29, 1.82) is 5.26 Å². The summed E-state index contributed by atoms with van der Waals surface area (Å²) in [6.45, 7) is 1.49. The monoisotopic (exact) mass is 456 g/mol. The summed E-state index contributed by atoms with van der Waals surface area (Å²) in [4.78, 5) is 8.29. The Morgan fingerprint density at radius 3 is 2.63 bits per heavy atom. The number of aryl methyl sites for hydroxylation is 1. The normalized spacial score (nSPS) is 11.3. The zero-order valence-electron chi connectivity index (χ0n) is 13.5. The molecule has 0 amide bonds. The largest absolute Gasteiger partial charge is 0.435 e. The molecular formula is C16H9BrClF3N6. The Balaban J connectivity index is 2.00. The van der Waals surface area contributed by atoms with Crippen LogP contribution in [0, 0.1) is 18.3 Å². The van der Waals surface area contributed by atoms with Gasteiger partial charge in [-0.05, 0) is 47.1 Å². The molecule has 1 N–H and O–H groups in total. The van der Waals surface area contributed by atoms with Gasteiger partial charge in [0.15, 0.2) is 11.5 Å². The Bertz CT molecular complexity index is 1060. The maximum atomic E-state index is 12.9. The van der Waals surface area contributed by atoms with Crippen molar-refractivity contribution in [2.75, 3.05) is 5.32 Å². The second kappa shape index (κ2) is 7.17. The van der Waals surface area contributed by atoms with Crippen LogP contribution in [0.5, 0.6) is 0 Å². The zero-order chi connectivity index (χ0) is 19.8. The molecule has 0 saturated heterocycles. The van der Waals surface area contributed by atoms with Crippen LogP contribution in [-0.2, 0) is 6.18 Å². The molecule has 138 valence electrons. The lowest BCUT2D eigenvalue weighted by Gasteiger charge is -2.10. The highest BCUT2D eigenvalue weighted by Crippen LogP contribution is 2.30. The third-order valence-corrected chi connectivity index (χ3v) is 4.16. The van der Waals surface area contributed by atoms with E-state index >= 15 is 0 Å². The molecule has 0 aliphatic heterocycles. The summed E-state index contributed by atoms with van der Waals surface area (Å²) in [6.07, 6.45) is -3.18. The first-order valence-electron chi connectivity index (χ1n) is 7.32. The maximum Gasteiger partial charge on any atom is 0.435 e. The first-order chi connectivity index (χ1) is 12.7. The standard InChI is InChI=1S/C16H9BrClF3N6/c1-8-2-13(16(19,20)21)26-27(8)14-12(17)7-23-15(25-14)24-11-4-9(6-22)3-10(18)5-11/h2-5,7H,1H3,(H,23,24,25). The maximum absolute atomic E-state index is 12.9. The van der Waals surface area contributed by atoms with E-state index in [0.717, 1.165) is 10.7 Å². The van der Waals surface area contributed by atoms with Crippen molar-refractivity contribution in [2.45, 2.75) is 13.1 Å². The molecule has 0 unspecified atom stereocenters. The Morgan fingerprint density at radius 2 is 2.00 bits per heavy atom. The van der Waals surface area contributed by atoms with Crippen LogP contribution in [0.25, 0.3) is 5.82 Å². The van der Waals surface area contributed by atoms with E-state index in [9.17, 15) is 13.2 Å². The average molecular weight is 458 g/mol. The van der Waals surface area contributed by atoms with Crippen LogP contribution in [-0.4, -0.2) is 19.7 Å². The summed E-state index contributed by atoms with van der Waals surface area (Å²) in [5, 5.41) is 15.8. The predicted molar refractivity (Wildman–Crippen MR) is 96.0 cm³/mol. The van der Waals surface area contributed by atoms with Gasteiger partial charge in [-0.1, -0.05) is 11.6 Å². The Morgan fingerprint density at radius 1 is 1.26 bits per heavy atom. The molecule has 1 aromatic carbocycles. The van der Waals surface area contributed by atoms with E-state index in [-0.39, 0.29) is 17.5 Å². The van der Waals surface area contributed by atoms with Crippen LogP contribution in [0.3, 0.4) is 0 Å². The number of rotatable bonds is 3. The van der Waals surface area contributed by atoms with Gasteiger partial charge >= 0.3 is 6.18 Å². The van der Waals surface area contributed by atoms with Crippen LogP contribution in [0.4, 0.5) is 24.8 Å². The van der Waals surface area contributed by atoms with Crippen LogP contribution in [0.1, 0.15) is 17.0 Å². The fraction of sp³-hybridized carbons (Fsp3) is 0.125. The van der Waals surface area contributed by atoms with E-state index < -0.39 is 11.9 Å². The number of nitriles is 1. The molecule has 0 atom stereocenters. The van der Waals surface area contributed by atoms with Crippen LogP contribution >= 0.6 is 27.5 Å². The fourth-order valence-corrected chi connectivity index (χ4v) is 2.84. The molecular weight excluding hydrogens is 449 g/mol. The van der Waals surface area contributed by atoms with Gasteiger partial charge in [0, 0.05) is 22.6 Å². The molecule has 0 saturated carbocycles. The Kier molecular flexibility index (Phi) is 5.08. The molecule has 0 aliphatic carbocycles. The van der Waals surface area contributed by atoms with E-state index in [2.05, 4.69) is 36.3 Å². The Labute approximate surface area is 164 Å². The first kappa shape index (κ1) is 19.1. The van der Waals surface area contributed by atoms with E-state index in [1.807, 2.05) is 6.07 Å². The molecule has 0 bridgehead atoms. The summed E-state index contributed by atoms with van der Waals surface area (Å²) < 4.78 is 40.1. The van der Waals surface area contributed by atoms with Crippen LogP contribution < -0.4 is 5.32 Å². The number of halogens is 5. The number of hydrogen-bond donors (Lipinski definition) is 1. The van der Waals surface area contributed by atoms with Crippen molar-refractivity contribution in [3.63, 3.8) is 0 Å². The van der Waals surface area contributed by atoms with Gasteiger partial charge in [0.05, 0.1) is 16.1 Å². The van der Waals surface area contributed by atoms with Gasteiger partial charge < -0.3 is 5.32 Å². The van der Waals surface area contributed by atoms with Crippen LogP contribution in [0.15, 0.2) is 34.9 Å². The van der Waals surface area contributed by atoms with Gasteiger partial charge in [0.1, 0.15) is 0 Å². The summed E-state index contributed by atoms with van der Waals surface area (Å²) in [7, 11) is 0. The molecule has 3 rings (SSSR count). The van der Waals surface area contributed by atoms with E-state index in [1.54, 1.807) is 6.07 Å². The first-order valence-corrected chi connectivity index (χ1v) is 8.49. The highest BCUT2D eigenvalue weighted by atomic mass is 79.9. The van der Waals surface area contributed by atoms with Crippen molar-refractivity contribution < 1.29 is 13.2 Å². The van der Waals surface area contributed by atoms with Crippen LogP contribution in [0.2, 0.25) is 5.02 Å². The number of alkyl halides is 3. The fourth-order valence-electron chi connectivity index (χ4n) is 2.25. The lowest BCUT2D eigenvalue weighted by atomic mass is 10.2. The predicted octanol–water partition coefficient (Wildman–Crippen LogP) is 5.02. The average Bonchev–Trinajstić information content (AvgIpc) is 2.98. The molecule has 0 radical (unpaired) electrons. The van der Waals surface area contributed by atoms with Crippen molar-refractivity contribution in [1.82, 2.24) is 19.7 Å². The van der Waals surface area contributed by atoms with Gasteiger partial charge in [0.25, 0.3) is 0 Å². The summed E-state index contributed by atoms with van der Waals surface area (Å²) >= 11 is 9.18. The second-order valence-electron chi connectivity index (χ2n) is 5.41. The molecule has 0 spiro atoms. The quantitative estimate of drug-likeness (QED) is 0.597. The minimum Gasteiger partial charge on any atom is -0.324 e. The molecule has 3 aromatic rings. The molecule has 2 aromatic heterocycles. The van der Waals surface area contributed by atoms with Gasteiger partial charge in [-0.15, -0.1) is 0 Å². The molecule has 2 heterocycles. The Hall–Kier alpha value is -2.64. The molecule has 0 aliphatic rings. The van der Waals surface area contributed by atoms with Gasteiger partial charge in [0.2, 0.25) is 5.95 Å². The van der Waals surface area contributed by atoms with Crippen molar-refractivity contribution >= 4 is 39.2 Å². The third-order valence-electron chi connectivity index (χ3n) is 3.39. The minimum absolute atomic E-state index is 0.0998. The smallest absolute Gasteiger partial charge is 0.324 e. The molecule has 11 heteroatoms. The molecule has 6 nitrogen and oxygen atoms in total. The van der Waals surface area contributed by atoms with Crippen molar-refractivity contribution in [3.8, 4) is 11.9 Å². The highest BCUT2D eigenvalue weighted by Gasteiger charge is 2.34. The van der Waals surface area contributed by atoms with E-state index in [1.165, 1.54) is 25.3 Å².